The SMILES string of the molecule is C=C(C)CC(O)c1sccc1OC. The number of hydrogen-bond acceptors (Lipinski definition) is 3. The van der Waals surface area contributed by atoms with Crippen LogP contribution in [0.25, 0.3) is 0 Å². The maximum Gasteiger partial charge on any atom is 0.135 e. The van der Waals surface area contributed by atoms with Gasteiger partial charge in [-0.1, -0.05) is 5.57 Å². The first-order valence-electron chi connectivity index (χ1n) is 4.09. The molecular weight excluding hydrogens is 184 g/mol. The molecule has 13 heavy (non-hydrogen) atoms. The lowest BCUT2D eigenvalue weighted by Crippen LogP contribution is -1.97. The van der Waals surface area contributed by atoms with E-state index in [2.05, 4.69) is 6.58 Å². The van der Waals surface area contributed by atoms with Crippen LogP contribution in [0.3, 0.4) is 0 Å². The fraction of sp³-hybridized carbons (Fsp3) is 0.400. The lowest BCUT2D eigenvalue weighted by Gasteiger charge is -2.10. The third-order valence-corrected chi connectivity index (χ3v) is 2.72. The van der Waals surface area contributed by atoms with E-state index >= 15 is 0 Å². The first-order valence-corrected chi connectivity index (χ1v) is 4.97. The number of aliphatic hydroxyl groups excluding tert-OH is 1. The van der Waals surface area contributed by atoms with Crippen LogP contribution >= 0.6 is 11.3 Å². The Labute approximate surface area is 82.5 Å². The van der Waals surface area contributed by atoms with Crippen LogP contribution in [-0.4, -0.2) is 12.2 Å². The predicted octanol–water partition coefficient (Wildman–Crippen LogP) is 2.76. The highest BCUT2D eigenvalue weighted by molar-refractivity contribution is 7.10. The van der Waals surface area contributed by atoms with Crippen molar-refractivity contribution in [3.05, 3.63) is 28.5 Å². The van der Waals surface area contributed by atoms with Gasteiger partial charge in [0.2, 0.25) is 0 Å². The summed E-state index contributed by atoms with van der Waals surface area (Å²) < 4.78 is 5.11. The average Bonchev–Trinajstić information content (AvgIpc) is 2.49. The van der Waals surface area contributed by atoms with E-state index in [0.717, 1.165) is 16.2 Å². The summed E-state index contributed by atoms with van der Waals surface area (Å²) in [5, 5.41) is 11.7. The van der Waals surface area contributed by atoms with Crippen molar-refractivity contribution in [1.29, 1.82) is 0 Å². The Morgan fingerprint density at radius 2 is 2.46 bits per heavy atom. The summed E-state index contributed by atoms with van der Waals surface area (Å²) in [4.78, 5) is 0.880. The molecule has 1 unspecified atom stereocenters. The Balaban J connectivity index is 2.75. The fourth-order valence-corrected chi connectivity index (χ4v) is 1.99. The highest BCUT2D eigenvalue weighted by Gasteiger charge is 2.14. The standard InChI is InChI=1S/C10H14O2S/c1-7(2)6-8(11)10-9(12-3)4-5-13-10/h4-5,8,11H,1,6H2,2-3H3. The maximum atomic E-state index is 9.76. The van der Waals surface area contributed by atoms with Crippen LogP contribution in [0.15, 0.2) is 23.6 Å². The van der Waals surface area contributed by atoms with Crippen LogP contribution in [0.5, 0.6) is 5.75 Å². The van der Waals surface area contributed by atoms with E-state index in [0.29, 0.717) is 6.42 Å². The van der Waals surface area contributed by atoms with Gasteiger partial charge in [0, 0.05) is 0 Å². The van der Waals surface area contributed by atoms with E-state index in [1.54, 1.807) is 7.11 Å². The molecule has 1 N–H and O–H groups in total. The van der Waals surface area contributed by atoms with Crippen molar-refractivity contribution in [3.63, 3.8) is 0 Å². The Kier molecular flexibility index (Phi) is 3.51. The van der Waals surface area contributed by atoms with Gasteiger partial charge < -0.3 is 9.84 Å². The summed E-state index contributed by atoms with van der Waals surface area (Å²) in [5.41, 5.74) is 0.975. The quantitative estimate of drug-likeness (QED) is 0.754. The van der Waals surface area contributed by atoms with Crippen LogP contribution in [0.4, 0.5) is 0 Å². The second kappa shape index (κ2) is 4.44. The van der Waals surface area contributed by atoms with Gasteiger partial charge in [-0.2, -0.15) is 0 Å². The highest BCUT2D eigenvalue weighted by atomic mass is 32.1. The first-order chi connectivity index (χ1) is 6.15. The lowest BCUT2D eigenvalue weighted by atomic mass is 10.1. The van der Waals surface area contributed by atoms with Crippen LogP contribution in [0, 0.1) is 0 Å². The average molecular weight is 198 g/mol. The summed E-state index contributed by atoms with van der Waals surface area (Å²) in [7, 11) is 1.61. The summed E-state index contributed by atoms with van der Waals surface area (Å²) >= 11 is 1.51. The normalized spacial score (nSPS) is 12.5. The highest BCUT2D eigenvalue weighted by Crippen LogP contribution is 2.33. The van der Waals surface area contributed by atoms with Crippen LogP contribution in [0.1, 0.15) is 24.3 Å². The van der Waals surface area contributed by atoms with E-state index in [9.17, 15) is 5.11 Å². The summed E-state index contributed by atoms with van der Waals surface area (Å²) in [5.74, 6) is 0.763. The smallest absolute Gasteiger partial charge is 0.135 e. The zero-order chi connectivity index (χ0) is 9.84. The van der Waals surface area contributed by atoms with Crippen LogP contribution < -0.4 is 4.74 Å². The zero-order valence-corrected chi connectivity index (χ0v) is 8.73. The molecule has 1 heterocycles. The van der Waals surface area contributed by atoms with Crippen LogP contribution in [-0.2, 0) is 0 Å². The maximum absolute atomic E-state index is 9.76. The number of rotatable bonds is 4. The fourth-order valence-electron chi connectivity index (χ4n) is 1.14. The molecule has 0 aliphatic heterocycles. The molecule has 1 aromatic rings. The number of thiophene rings is 1. The Hall–Kier alpha value is -0.800. The van der Waals surface area contributed by atoms with Crippen molar-refractivity contribution in [2.75, 3.05) is 7.11 Å². The molecule has 2 nitrogen and oxygen atoms in total. The number of aliphatic hydroxyl groups is 1. The molecule has 0 aliphatic rings. The van der Waals surface area contributed by atoms with Gasteiger partial charge in [-0.25, -0.2) is 0 Å². The monoisotopic (exact) mass is 198 g/mol. The van der Waals surface area contributed by atoms with E-state index in [-0.39, 0.29) is 0 Å². The largest absolute Gasteiger partial charge is 0.495 e. The van der Waals surface area contributed by atoms with Gasteiger partial charge in [0.25, 0.3) is 0 Å². The predicted molar refractivity (Wildman–Crippen MR) is 55.3 cm³/mol. The van der Waals surface area contributed by atoms with Gasteiger partial charge in [-0.15, -0.1) is 17.9 Å². The minimum atomic E-state index is -0.479. The van der Waals surface area contributed by atoms with Gasteiger partial charge in [-0.05, 0) is 24.8 Å². The Morgan fingerprint density at radius 1 is 1.77 bits per heavy atom. The third kappa shape index (κ3) is 2.57. The molecule has 1 aromatic heterocycles. The van der Waals surface area contributed by atoms with Gasteiger partial charge in [0.15, 0.2) is 0 Å². The Morgan fingerprint density at radius 3 is 3.00 bits per heavy atom. The van der Waals surface area contributed by atoms with Crippen molar-refractivity contribution in [2.24, 2.45) is 0 Å². The molecule has 0 fully saturated rings. The van der Waals surface area contributed by atoms with Gasteiger partial charge >= 0.3 is 0 Å². The second-order valence-electron chi connectivity index (χ2n) is 3.03. The minimum absolute atomic E-state index is 0.479. The van der Waals surface area contributed by atoms with Crippen LogP contribution in [0.2, 0.25) is 0 Å². The molecule has 0 saturated heterocycles. The third-order valence-electron chi connectivity index (χ3n) is 1.72. The molecule has 3 heteroatoms. The molecule has 0 saturated carbocycles. The van der Waals surface area contributed by atoms with E-state index in [1.807, 2.05) is 18.4 Å². The summed E-state index contributed by atoms with van der Waals surface area (Å²) in [6.07, 6.45) is 0.115. The number of ether oxygens (including phenoxy) is 1. The molecule has 72 valence electrons. The lowest BCUT2D eigenvalue weighted by molar-refractivity contribution is 0.178. The second-order valence-corrected chi connectivity index (χ2v) is 3.98. The topological polar surface area (TPSA) is 29.5 Å². The molecule has 1 atom stereocenters. The van der Waals surface area contributed by atoms with Gasteiger partial charge in [-0.3, -0.25) is 0 Å². The number of hydrogen-bond donors (Lipinski definition) is 1. The zero-order valence-electron chi connectivity index (χ0n) is 7.91. The molecule has 0 bridgehead atoms. The summed E-state index contributed by atoms with van der Waals surface area (Å²) in [6.45, 7) is 5.67. The molecule has 0 radical (unpaired) electrons. The van der Waals surface area contributed by atoms with Crippen molar-refractivity contribution < 1.29 is 9.84 Å². The summed E-state index contributed by atoms with van der Waals surface area (Å²) in [6, 6.07) is 1.86. The molecule has 0 amide bonds. The first kappa shape index (κ1) is 10.3. The molecule has 0 aromatic carbocycles. The van der Waals surface area contributed by atoms with E-state index in [1.165, 1.54) is 11.3 Å². The Bertz CT molecular complexity index is 291. The van der Waals surface area contributed by atoms with Crippen molar-refractivity contribution in [2.45, 2.75) is 19.4 Å². The molecule has 0 spiro atoms. The van der Waals surface area contributed by atoms with Gasteiger partial charge in [0.05, 0.1) is 18.1 Å². The van der Waals surface area contributed by atoms with Crippen molar-refractivity contribution >= 4 is 11.3 Å². The molecule has 0 aliphatic carbocycles. The molecular formula is C10H14O2S. The number of methoxy groups -OCH3 is 1. The van der Waals surface area contributed by atoms with E-state index in [4.69, 9.17) is 4.74 Å². The van der Waals surface area contributed by atoms with Crippen molar-refractivity contribution in [1.82, 2.24) is 0 Å². The minimum Gasteiger partial charge on any atom is -0.495 e. The van der Waals surface area contributed by atoms with Crippen molar-refractivity contribution in [3.8, 4) is 5.75 Å². The van der Waals surface area contributed by atoms with Gasteiger partial charge in [0.1, 0.15) is 5.75 Å². The molecule has 1 rings (SSSR count). The van der Waals surface area contributed by atoms with E-state index < -0.39 is 6.10 Å².